The minimum absolute atomic E-state index is 0.0128. The van der Waals surface area contributed by atoms with Crippen molar-refractivity contribution in [3.05, 3.63) is 29.6 Å². The molecular formula is C17H27N7O. The van der Waals surface area contributed by atoms with Gasteiger partial charge in [-0.05, 0) is 38.7 Å². The molecule has 1 saturated heterocycles. The van der Waals surface area contributed by atoms with E-state index in [0.717, 1.165) is 43.1 Å². The average molecular weight is 345 g/mol. The fraction of sp³-hybridized carbons (Fsp3) is 0.647. The lowest BCUT2D eigenvalue weighted by molar-refractivity contribution is 0.188. The number of aryl methyl sites for hydroxylation is 3. The van der Waals surface area contributed by atoms with Crippen LogP contribution in [0.25, 0.3) is 0 Å². The maximum atomic E-state index is 12.6. The molecule has 0 unspecified atom stereocenters. The SMILES string of the molecule is Cc1cc(C)n(C[C@H](C)CNC(=O)N2CCC[C@@H]2c2nncn2C)n1. The van der Waals surface area contributed by atoms with Gasteiger partial charge in [0, 0.05) is 32.4 Å². The van der Waals surface area contributed by atoms with Crippen molar-refractivity contribution in [1.29, 1.82) is 0 Å². The molecule has 136 valence electrons. The summed E-state index contributed by atoms with van der Waals surface area (Å²) in [6.45, 7) is 8.36. The highest BCUT2D eigenvalue weighted by Crippen LogP contribution is 2.30. The van der Waals surface area contributed by atoms with Crippen LogP contribution >= 0.6 is 0 Å². The van der Waals surface area contributed by atoms with Gasteiger partial charge in [-0.3, -0.25) is 4.68 Å². The number of nitrogens with one attached hydrogen (secondary N) is 1. The summed E-state index contributed by atoms with van der Waals surface area (Å²) in [6, 6.07) is 2.06. The van der Waals surface area contributed by atoms with Crippen molar-refractivity contribution in [3.8, 4) is 0 Å². The van der Waals surface area contributed by atoms with Gasteiger partial charge < -0.3 is 14.8 Å². The molecule has 2 aromatic rings. The average Bonchev–Trinajstić information content (AvgIpc) is 3.26. The Bertz CT molecular complexity index is 735. The molecule has 0 spiro atoms. The molecule has 2 atom stereocenters. The number of carbonyl (C=O) groups is 1. The third kappa shape index (κ3) is 3.83. The molecule has 1 fully saturated rings. The van der Waals surface area contributed by atoms with Crippen molar-refractivity contribution in [2.24, 2.45) is 13.0 Å². The predicted octanol–water partition coefficient (Wildman–Crippen LogP) is 1.81. The maximum Gasteiger partial charge on any atom is 0.318 e. The molecule has 0 aliphatic carbocycles. The Morgan fingerprint density at radius 3 is 2.88 bits per heavy atom. The Labute approximate surface area is 148 Å². The first-order valence-electron chi connectivity index (χ1n) is 8.85. The maximum absolute atomic E-state index is 12.6. The third-order valence-corrected chi connectivity index (χ3v) is 4.75. The lowest BCUT2D eigenvalue weighted by Crippen LogP contribution is -2.42. The molecule has 2 aromatic heterocycles. The number of carbonyl (C=O) groups excluding carboxylic acids is 1. The van der Waals surface area contributed by atoms with Gasteiger partial charge in [0.15, 0.2) is 5.82 Å². The summed E-state index contributed by atoms with van der Waals surface area (Å²) in [4.78, 5) is 14.5. The summed E-state index contributed by atoms with van der Waals surface area (Å²) >= 11 is 0. The molecule has 0 radical (unpaired) electrons. The zero-order chi connectivity index (χ0) is 18.0. The van der Waals surface area contributed by atoms with Crippen molar-refractivity contribution in [3.63, 3.8) is 0 Å². The molecule has 25 heavy (non-hydrogen) atoms. The third-order valence-electron chi connectivity index (χ3n) is 4.75. The van der Waals surface area contributed by atoms with Gasteiger partial charge in [-0.25, -0.2) is 4.79 Å². The van der Waals surface area contributed by atoms with Crippen molar-refractivity contribution in [2.75, 3.05) is 13.1 Å². The number of nitrogens with zero attached hydrogens (tertiary/aromatic N) is 6. The summed E-state index contributed by atoms with van der Waals surface area (Å²) in [7, 11) is 1.92. The normalized spacial score (nSPS) is 18.6. The topological polar surface area (TPSA) is 80.9 Å². The standard InChI is InChI=1S/C17H27N7O/c1-12(10-24-14(3)8-13(2)21-24)9-18-17(25)23-7-5-6-15(23)16-20-19-11-22(16)4/h8,11-12,15H,5-7,9-10H2,1-4H3,(H,18,25)/t12-,15-/m1/s1. The molecule has 1 aliphatic heterocycles. The van der Waals surface area contributed by atoms with E-state index >= 15 is 0 Å². The number of urea groups is 1. The molecule has 8 heteroatoms. The second-order valence-corrected chi connectivity index (χ2v) is 7.05. The number of aromatic nitrogens is 5. The molecule has 8 nitrogen and oxygen atoms in total. The molecule has 1 aliphatic rings. The van der Waals surface area contributed by atoms with E-state index in [1.165, 1.54) is 0 Å². The van der Waals surface area contributed by atoms with E-state index in [1.807, 2.05) is 28.1 Å². The number of likely N-dealkylation sites (tertiary alicyclic amines) is 1. The van der Waals surface area contributed by atoms with Gasteiger partial charge in [-0.2, -0.15) is 5.10 Å². The summed E-state index contributed by atoms with van der Waals surface area (Å²) in [6.07, 6.45) is 3.60. The molecule has 3 rings (SSSR count). The predicted molar refractivity (Wildman–Crippen MR) is 93.9 cm³/mol. The molecule has 0 bridgehead atoms. The van der Waals surface area contributed by atoms with Crippen LogP contribution < -0.4 is 5.32 Å². The van der Waals surface area contributed by atoms with E-state index in [9.17, 15) is 4.79 Å². The van der Waals surface area contributed by atoms with Crippen LogP contribution in [0.2, 0.25) is 0 Å². The van der Waals surface area contributed by atoms with E-state index in [1.54, 1.807) is 6.33 Å². The van der Waals surface area contributed by atoms with Crippen LogP contribution in [0, 0.1) is 19.8 Å². The van der Waals surface area contributed by atoms with Crippen LogP contribution in [0.15, 0.2) is 12.4 Å². The van der Waals surface area contributed by atoms with Gasteiger partial charge in [0.05, 0.1) is 11.7 Å². The molecule has 1 N–H and O–H groups in total. The highest BCUT2D eigenvalue weighted by molar-refractivity contribution is 5.75. The largest absolute Gasteiger partial charge is 0.338 e. The lowest BCUT2D eigenvalue weighted by atomic mass is 10.2. The Hall–Kier alpha value is -2.38. The number of hydrogen-bond acceptors (Lipinski definition) is 4. The van der Waals surface area contributed by atoms with Crippen molar-refractivity contribution in [2.45, 2.75) is 46.2 Å². The van der Waals surface area contributed by atoms with Gasteiger partial charge in [0.25, 0.3) is 0 Å². The fourth-order valence-electron chi connectivity index (χ4n) is 3.45. The molecular weight excluding hydrogens is 318 g/mol. The van der Waals surface area contributed by atoms with Crippen LogP contribution in [-0.4, -0.2) is 48.6 Å². The van der Waals surface area contributed by atoms with Crippen molar-refractivity contribution >= 4 is 6.03 Å². The lowest BCUT2D eigenvalue weighted by Gasteiger charge is -2.25. The smallest absolute Gasteiger partial charge is 0.318 e. The first-order chi connectivity index (χ1) is 12.0. The number of hydrogen-bond donors (Lipinski definition) is 1. The Kier molecular flexibility index (Phi) is 5.06. The first-order valence-corrected chi connectivity index (χ1v) is 8.85. The second-order valence-electron chi connectivity index (χ2n) is 7.05. The minimum Gasteiger partial charge on any atom is -0.338 e. The van der Waals surface area contributed by atoms with E-state index < -0.39 is 0 Å². The van der Waals surface area contributed by atoms with E-state index in [-0.39, 0.29) is 12.1 Å². The van der Waals surface area contributed by atoms with Crippen LogP contribution in [-0.2, 0) is 13.6 Å². The Morgan fingerprint density at radius 2 is 2.24 bits per heavy atom. The summed E-state index contributed by atoms with van der Waals surface area (Å²) in [5.41, 5.74) is 2.18. The highest BCUT2D eigenvalue weighted by Gasteiger charge is 2.32. The van der Waals surface area contributed by atoms with Crippen LogP contribution in [0.4, 0.5) is 4.79 Å². The highest BCUT2D eigenvalue weighted by atomic mass is 16.2. The zero-order valence-electron chi connectivity index (χ0n) is 15.4. The molecule has 0 aromatic carbocycles. The second kappa shape index (κ2) is 7.25. The molecule has 3 heterocycles. The molecule has 2 amide bonds. The quantitative estimate of drug-likeness (QED) is 0.896. The van der Waals surface area contributed by atoms with Gasteiger partial charge in [0.1, 0.15) is 6.33 Å². The van der Waals surface area contributed by atoms with E-state index in [4.69, 9.17) is 0 Å². The van der Waals surface area contributed by atoms with Gasteiger partial charge in [-0.15, -0.1) is 10.2 Å². The fourth-order valence-corrected chi connectivity index (χ4v) is 3.45. The van der Waals surface area contributed by atoms with Crippen LogP contribution in [0.1, 0.15) is 43.0 Å². The van der Waals surface area contributed by atoms with Crippen molar-refractivity contribution in [1.82, 2.24) is 34.8 Å². The van der Waals surface area contributed by atoms with E-state index in [0.29, 0.717) is 12.5 Å². The zero-order valence-corrected chi connectivity index (χ0v) is 15.4. The number of amides is 2. The summed E-state index contributed by atoms with van der Waals surface area (Å²) in [5.74, 6) is 1.15. The van der Waals surface area contributed by atoms with Gasteiger partial charge in [-0.1, -0.05) is 6.92 Å². The van der Waals surface area contributed by atoms with Crippen molar-refractivity contribution < 1.29 is 4.79 Å². The monoisotopic (exact) mass is 345 g/mol. The molecule has 0 saturated carbocycles. The Morgan fingerprint density at radius 1 is 1.44 bits per heavy atom. The van der Waals surface area contributed by atoms with Gasteiger partial charge in [0.2, 0.25) is 0 Å². The summed E-state index contributed by atoms with van der Waals surface area (Å²) < 4.78 is 3.89. The Balaban J connectivity index is 1.55. The van der Waals surface area contributed by atoms with Crippen LogP contribution in [0.3, 0.4) is 0 Å². The minimum atomic E-state index is -0.0225. The van der Waals surface area contributed by atoms with Gasteiger partial charge >= 0.3 is 6.03 Å². The van der Waals surface area contributed by atoms with Crippen LogP contribution in [0.5, 0.6) is 0 Å². The first kappa shape index (κ1) is 17.4. The number of rotatable bonds is 5. The van der Waals surface area contributed by atoms with E-state index in [2.05, 4.69) is 40.5 Å². The summed E-state index contributed by atoms with van der Waals surface area (Å²) in [5, 5.41) is 15.7.